The van der Waals surface area contributed by atoms with Crippen LogP contribution in [0, 0.1) is 5.82 Å². The fraction of sp³-hybridized carbons (Fsp3) is 0.133. The van der Waals surface area contributed by atoms with Gasteiger partial charge in [0.25, 0.3) is 10.0 Å². The van der Waals surface area contributed by atoms with Gasteiger partial charge >= 0.3 is 5.97 Å². The van der Waals surface area contributed by atoms with Crippen LogP contribution in [0.25, 0.3) is 0 Å². The van der Waals surface area contributed by atoms with Crippen LogP contribution in [0.2, 0.25) is 0 Å². The molecule has 0 spiro atoms. The van der Waals surface area contributed by atoms with Gasteiger partial charge in [-0.05, 0) is 49.4 Å². The number of benzene rings is 2. The number of sulfonamides is 1. The van der Waals surface area contributed by atoms with Crippen molar-refractivity contribution < 1.29 is 22.3 Å². The van der Waals surface area contributed by atoms with Gasteiger partial charge in [0.2, 0.25) is 0 Å². The van der Waals surface area contributed by atoms with E-state index in [0.717, 1.165) is 12.1 Å². The molecule has 1 N–H and O–H groups in total. The molecule has 0 heterocycles. The summed E-state index contributed by atoms with van der Waals surface area (Å²) in [6.07, 6.45) is 0. The zero-order chi connectivity index (χ0) is 17.0. The molecule has 2 rings (SSSR count). The van der Waals surface area contributed by atoms with Gasteiger partial charge in [-0.3, -0.25) is 4.72 Å². The lowest BCUT2D eigenvalue weighted by atomic mass is 10.2. The number of carbonyl (C=O) groups excluding carboxylic acids is 1. The highest BCUT2D eigenvalue weighted by molar-refractivity contribution is 9.10. The minimum Gasteiger partial charge on any atom is -0.462 e. The highest BCUT2D eigenvalue weighted by Gasteiger charge is 2.19. The van der Waals surface area contributed by atoms with Crippen LogP contribution in [0.15, 0.2) is 51.8 Å². The normalized spacial score (nSPS) is 11.1. The Morgan fingerprint density at radius 1 is 1.22 bits per heavy atom. The number of rotatable bonds is 5. The third-order valence-electron chi connectivity index (χ3n) is 2.83. The van der Waals surface area contributed by atoms with Crippen LogP contribution in [0.3, 0.4) is 0 Å². The zero-order valence-electron chi connectivity index (χ0n) is 12.0. The number of nitrogens with one attached hydrogen (secondary N) is 1. The van der Waals surface area contributed by atoms with Crippen LogP contribution < -0.4 is 4.72 Å². The van der Waals surface area contributed by atoms with Crippen molar-refractivity contribution in [3.8, 4) is 0 Å². The Morgan fingerprint density at radius 2 is 1.87 bits per heavy atom. The third-order valence-corrected chi connectivity index (χ3v) is 4.74. The van der Waals surface area contributed by atoms with Gasteiger partial charge in [0.15, 0.2) is 0 Å². The third kappa shape index (κ3) is 4.29. The summed E-state index contributed by atoms with van der Waals surface area (Å²) in [5.41, 5.74) is 0.505. The second kappa shape index (κ2) is 7.10. The van der Waals surface area contributed by atoms with Crippen molar-refractivity contribution in [3.05, 3.63) is 58.3 Å². The molecular formula is C15H13BrFNO4S. The number of esters is 1. The Balaban J connectivity index is 2.22. The lowest BCUT2D eigenvalue weighted by molar-refractivity contribution is 0.0526. The number of halogens is 2. The van der Waals surface area contributed by atoms with Crippen molar-refractivity contribution in [2.24, 2.45) is 0 Å². The maximum Gasteiger partial charge on any atom is 0.338 e. The smallest absolute Gasteiger partial charge is 0.338 e. The van der Waals surface area contributed by atoms with Crippen LogP contribution in [0.5, 0.6) is 0 Å². The number of anilines is 1. The number of hydrogen-bond acceptors (Lipinski definition) is 4. The molecule has 0 atom stereocenters. The van der Waals surface area contributed by atoms with E-state index in [1.165, 1.54) is 30.3 Å². The minimum atomic E-state index is -4.07. The zero-order valence-corrected chi connectivity index (χ0v) is 14.4. The van der Waals surface area contributed by atoms with Gasteiger partial charge in [0, 0.05) is 10.2 Å². The van der Waals surface area contributed by atoms with Crippen LogP contribution in [0.1, 0.15) is 17.3 Å². The van der Waals surface area contributed by atoms with E-state index in [-0.39, 0.29) is 12.3 Å². The predicted octanol–water partition coefficient (Wildman–Crippen LogP) is 3.57. The Bertz CT molecular complexity index is 822. The molecule has 0 fully saturated rings. The Labute approximate surface area is 141 Å². The first kappa shape index (κ1) is 17.4. The molecule has 0 bridgehead atoms. The summed E-state index contributed by atoms with van der Waals surface area (Å²) < 4.78 is 45.7. The molecule has 0 radical (unpaired) electrons. The monoisotopic (exact) mass is 401 g/mol. The summed E-state index contributed by atoms with van der Waals surface area (Å²) in [6.45, 7) is 1.93. The van der Waals surface area contributed by atoms with E-state index in [4.69, 9.17) is 4.74 Å². The van der Waals surface area contributed by atoms with Crippen LogP contribution in [-0.2, 0) is 14.8 Å². The second-order valence-corrected chi connectivity index (χ2v) is 7.04. The number of ether oxygens (including phenoxy) is 1. The summed E-state index contributed by atoms with van der Waals surface area (Å²) in [4.78, 5) is 11.1. The molecule has 0 aliphatic rings. The van der Waals surface area contributed by atoms with Gasteiger partial charge in [0.05, 0.1) is 12.2 Å². The summed E-state index contributed by atoms with van der Waals surface area (Å²) >= 11 is 3.07. The maximum atomic E-state index is 13.8. The standard InChI is InChI=1S/C15H13BrFNO4S/c1-2-22-15(19)10-3-6-12(7-4-10)18-23(20,21)14-8-5-11(16)9-13(14)17/h3-9,18H,2H2,1H3. The Morgan fingerprint density at radius 3 is 2.43 bits per heavy atom. The topological polar surface area (TPSA) is 72.5 Å². The Hall–Kier alpha value is -1.93. The highest BCUT2D eigenvalue weighted by Crippen LogP contribution is 2.22. The first-order valence-corrected chi connectivity index (χ1v) is 8.86. The SMILES string of the molecule is CCOC(=O)c1ccc(NS(=O)(=O)c2ccc(Br)cc2F)cc1. The van der Waals surface area contributed by atoms with Crippen molar-refractivity contribution in [2.75, 3.05) is 11.3 Å². The van der Waals surface area contributed by atoms with E-state index < -0.39 is 26.7 Å². The quantitative estimate of drug-likeness (QED) is 0.777. The van der Waals surface area contributed by atoms with Crippen molar-refractivity contribution in [2.45, 2.75) is 11.8 Å². The molecule has 0 aliphatic carbocycles. The fourth-order valence-electron chi connectivity index (χ4n) is 1.79. The fourth-order valence-corrected chi connectivity index (χ4v) is 3.24. The van der Waals surface area contributed by atoms with E-state index in [1.807, 2.05) is 0 Å². The summed E-state index contributed by atoms with van der Waals surface area (Å²) in [5.74, 6) is -1.36. The van der Waals surface area contributed by atoms with E-state index >= 15 is 0 Å². The second-order valence-electron chi connectivity index (χ2n) is 4.48. The van der Waals surface area contributed by atoms with E-state index in [2.05, 4.69) is 20.7 Å². The molecule has 2 aromatic carbocycles. The molecule has 0 aliphatic heterocycles. The van der Waals surface area contributed by atoms with Gasteiger partial charge in [-0.1, -0.05) is 15.9 Å². The lowest BCUT2D eigenvalue weighted by Gasteiger charge is -2.09. The first-order valence-electron chi connectivity index (χ1n) is 6.58. The lowest BCUT2D eigenvalue weighted by Crippen LogP contribution is -2.14. The van der Waals surface area contributed by atoms with Crippen molar-refractivity contribution in [3.63, 3.8) is 0 Å². The largest absolute Gasteiger partial charge is 0.462 e. The molecule has 0 saturated carbocycles. The molecule has 122 valence electrons. The summed E-state index contributed by atoms with van der Waals surface area (Å²) in [7, 11) is -4.07. The van der Waals surface area contributed by atoms with E-state index in [0.29, 0.717) is 10.0 Å². The minimum absolute atomic E-state index is 0.209. The number of carbonyl (C=O) groups is 1. The molecule has 5 nitrogen and oxygen atoms in total. The molecule has 8 heteroatoms. The predicted molar refractivity (Wildman–Crippen MR) is 87.3 cm³/mol. The van der Waals surface area contributed by atoms with Crippen LogP contribution in [-0.4, -0.2) is 21.0 Å². The molecule has 0 amide bonds. The molecule has 2 aromatic rings. The average Bonchev–Trinajstić information content (AvgIpc) is 2.47. The average molecular weight is 402 g/mol. The first-order chi connectivity index (χ1) is 10.8. The molecular weight excluding hydrogens is 389 g/mol. The van der Waals surface area contributed by atoms with Crippen LogP contribution >= 0.6 is 15.9 Å². The molecule has 0 saturated heterocycles. The Kier molecular flexibility index (Phi) is 5.38. The molecule has 0 aromatic heterocycles. The van der Waals surface area contributed by atoms with E-state index in [1.54, 1.807) is 6.92 Å². The number of hydrogen-bond donors (Lipinski definition) is 1. The van der Waals surface area contributed by atoms with Crippen LogP contribution in [0.4, 0.5) is 10.1 Å². The van der Waals surface area contributed by atoms with Gasteiger partial charge in [-0.2, -0.15) is 0 Å². The summed E-state index contributed by atoms with van der Waals surface area (Å²) in [5, 5.41) is 0. The van der Waals surface area contributed by atoms with Gasteiger partial charge in [-0.15, -0.1) is 0 Å². The van der Waals surface area contributed by atoms with Gasteiger partial charge in [-0.25, -0.2) is 17.6 Å². The van der Waals surface area contributed by atoms with E-state index in [9.17, 15) is 17.6 Å². The molecule has 0 unspecified atom stereocenters. The molecule has 23 heavy (non-hydrogen) atoms. The summed E-state index contributed by atoms with van der Waals surface area (Å²) in [6, 6.07) is 9.32. The maximum absolute atomic E-state index is 13.8. The van der Waals surface area contributed by atoms with Crippen molar-refractivity contribution >= 4 is 37.6 Å². The van der Waals surface area contributed by atoms with Gasteiger partial charge < -0.3 is 4.74 Å². The van der Waals surface area contributed by atoms with Crippen molar-refractivity contribution in [1.82, 2.24) is 0 Å². The highest BCUT2D eigenvalue weighted by atomic mass is 79.9. The van der Waals surface area contributed by atoms with Gasteiger partial charge in [0.1, 0.15) is 10.7 Å². The van der Waals surface area contributed by atoms with Crippen molar-refractivity contribution in [1.29, 1.82) is 0 Å².